The lowest BCUT2D eigenvalue weighted by Gasteiger charge is -2.39. The summed E-state index contributed by atoms with van der Waals surface area (Å²) in [5.74, 6) is -1.64. The van der Waals surface area contributed by atoms with E-state index in [0.717, 1.165) is 19.2 Å². The van der Waals surface area contributed by atoms with Gasteiger partial charge in [0.05, 0.1) is 18.8 Å². The fraction of sp³-hybridized carbons (Fsp3) is 0.600. The molecule has 1 N–H and O–H groups in total. The van der Waals surface area contributed by atoms with Gasteiger partial charge < -0.3 is 10.1 Å². The molecule has 0 aromatic heterocycles. The maximum atomic E-state index is 13.4. The molecule has 2 rings (SSSR count). The van der Waals surface area contributed by atoms with E-state index in [0.29, 0.717) is 18.2 Å². The molecule has 5 heteroatoms. The van der Waals surface area contributed by atoms with Crippen LogP contribution in [0.3, 0.4) is 0 Å². The van der Waals surface area contributed by atoms with Gasteiger partial charge in [-0.05, 0) is 38.6 Å². The second-order valence-corrected chi connectivity index (χ2v) is 5.44. The molecule has 3 nitrogen and oxygen atoms in total. The molecule has 1 fully saturated rings. The minimum atomic E-state index is -0.822. The van der Waals surface area contributed by atoms with Crippen molar-refractivity contribution in [2.45, 2.75) is 32.0 Å². The summed E-state index contributed by atoms with van der Waals surface area (Å²) < 4.78 is 32.3. The van der Waals surface area contributed by atoms with Crippen molar-refractivity contribution in [3.05, 3.63) is 35.4 Å². The molecule has 1 aromatic carbocycles. The molecule has 1 aliphatic heterocycles. The number of likely N-dealkylation sites (N-methyl/N-ethyl adjacent to an activating group) is 1. The number of halogens is 2. The summed E-state index contributed by atoms with van der Waals surface area (Å²) in [4.78, 5) is 2.33. The van der Waals surface area contributed by atoms with Crippen molar-refractivity contribution in [1.29, 1.82) is 0 Å². The Hall–Kier alpha value is -1.04. The molecule has 20 heavy (non-hydrogen) atoms. The van der Waals surface area contributed by atoms with E-state index in [1.807, 2.05) is 7.05 Å². The Labute approximate surface area is 118 Å². The number of hydrogen-bond acceptors (Lipinski definition) is 3. The Morgan fingerprint density at radius 3 is 2.65 bits per heavy atom. The fourth-order valence-corrected chi connectivity index (χ4v) is 2.64. The smallest absolute Gasteiger partial charge is 0.159 e. The Morgan fingerprint density at radius 2 is 2.05 bits per heavy atom. The first-order valence-electron chi connectivity index (χ1n) is 7.00. The molecule has 2 atom stereocenters. The highest BCUT2D eigenvalue weighted by molar-refractivity contribution is 5.22. The molecule has 0 bridgehead atoms. The van der Waals surface area contributed by atoms with E-state index in [9.17, 15) is 8.78 Å². The molecule has 0 spiro atoms. The quantitative estimate of drug-likeness (QED) is 0.918. The summed E-state index contributed by atoms with van der Waals surface area (Å²) in [6, 6.07) is 4.32. The van der Waals surface area contributed by atoms with Crippen LogP contribution < -0.4 is 5.32 Å². The van der Waals surface area contributed by atoms with Gasteiger partial charge in [-0.15, -0.1) is 0 Å². The van der Waals surface area contributed by atoms with E-state index in [2.05, 4.69) is 24.1 Å². The zero-order chi connectivity index (χ0) is 14.7. The highest BCUT2D eigenvalue weighted by atomic mass is 19.2. The summed E-state index contributed by atoms with van der Waals surface area (Å²) in [6.45, 7) is 6.64. The molecular formula is C15H22F2N2O. The molecule has 0 amide bonds. The van der Waals surface area contributed by atoms with Gasteiger partial charge in [0.1, 0.15) is 0 Å². The summed E-state index contributed by atoms with van der Waals surface area (Å²) >= 11 is 0. The minimum absolute atomic E-state index is 0.0685. The van der Waals surface area contributed by atoms with Crippen LogP contribution in [0.4, 0.5) is 8.78 Å². The lowest BCUT2D eigenvalue weighted by molar-refractivity contribution is -0.0550. The predicted molar refractivity (Wildman–Crippen MR) is 74.6 cm³/mol. The number of nitrogens with zero attached hydrogens (tertiary/aromatic N) is 1. The second kappa shape index (κ2) is 6.61. The second-order valence-electron chi connectivity index (χ2n) is 5.44. The molecule has 1 aliphatic rings. The topological polar surface area (TPSA) is 24.5 Å². The van der Waals surface area contributed by atoms with Gasteiger partial charge in [-0.3, -0.25) is 4.90 Å². The lowest BCUT2D eigenvalue weighted by Crippen LogP contribution is -2.49. The molecule has 1 heterocycles. The average Bonchev–Trinajstić information content (AvgIpc) is 2.44. The van der Waals surface area contributed by atoms with Crippen LogP contribution in [0.15, 0.2) is 18.2 Å². The van der Waals surface area contributed by atoms with Crippen LogP contribution in [-0.4, -0.2) is 43.8 Å². The highest BCUT2D eigenvalue weighted by Gasteiger charge is 2.29. The number of morpholine rings is 1. The third kappa shape index (κ3) is 3.34. The highest BCUT2D eigenvalue weighted by Crippen LogP contribution is 2.24. The first-order chi connectivity index (χ1) is 9.52. The maximum Gasteiger partial charge on any atom is 0.159 e. The third-order valence-electron chi connectivity index (χ3n) is 3.84. The Morgan fingerprint density at radius 1 is 1.30 bits per heavy atom. The molecule has 0 aliphatic carbocycles. The number of nitrogens with one attached hydrogen (secondary N) is 1. The van der Waals surface area contributed by atoms with Crippen molar-refractivity contribution in [2.24, 2.45) is 0 Å². The Balaban J connectivity index is 2.16. The molecule has 112 valence electrons. The summed E-state index contributed by atoms with van der Waals surface area (Å²) in [7, 11) is 1.81. The van der Waals surface area contributed by atoms with Gasteiger partial charge in [0, 0.05) is 19.1 Å². The molecule has 0 saturated carbocycles. The molecular weight excluding hydrogens is 262 g/mol. The number of rotatable bonds is 4. The van der Waals surface area contributed by atoms with Crippen LogP contribution in [0.2, 0.25) is 0 Å². The zero-order valence-electron chi connectivity index (χ0n) is 12.2. The van der Waals surface area contributed by atoms with Crippen LogP contribution >= 0.6 is 0 Å². The van der Waals surface area contributed by atoms with E-state index in [4.69, 9.17) is 4.74 Å². The average molecular weight is 284 g/mol. The predicted octanol–water partition coefficient (Wildman–Crippen LogP) is 2.33. The van der Waals surface area contributed by atoms with Crippen molar-refractivity contribution in [3.63, 3.8) is 0 Å². The van der Waals surface area contributed by atoms with Crippen molar-refractivity contribution in [3.8, 4) is 0 Å². The van der Waals surface area contributed by atoms with Crippen molar-refractivity contribution in [1.82, 2.24) is 10.2 Å². The van der Waals surface area contributed by atoms with Gasteiger partial charge in [-0.1, -0.05) is 6.07 Å². The molecule has 0 radical (unpaired) electrons. The van der Waals surface area contributed by atoms with E-state index in [1.54, 1.807) is 6.07 Å². The first kappa shape index (κ1) is 15.4. The number of benzene rings is 1. The van der Waals surface area contributed by atoms with E-state index < -0.39 is 11.6 Å². The van der Waals surface area contributed by atoms with Crippen molar-refractivity contribution in [2.75, 3.05) is 26.7 Å². The molecule has 1 saturated heterocycles. The SMILES string of the molecule is CNC(c1ccc(F)c(F)c1)C1CN(C(C)C)CCO1. The lowest BCUT2D eigenvalue weighted by atomic mass is 9.99. The largest absolute Gasteiger partial charge is 0.374 e. The fourth-order valence-electron chi connectivity index (χ4n) is 2.64. The summed E-state index contributed by atoms with van der Waals surface area (Å²) in [5.41, 5.74) is 0.710. The standard InChI is InChI=1S/C15H22F2N2O/c1-10(2)19-6-7-20-14(9-19)15(18-3)11-4-5-12(16)13(17)8-11/h4-5,8,10,14-15,18H,6-7,9H2,1-3H3. The van der Waals surface area contributed by atoms with Crippen LogP contribution in [-0.2, 0) is 4.74 Å². The van der Waals surface area contributed by atoms with Crippen LogP contribution in [0.1, 0.15) is 25.5 Å². The van der Waals surface area contributed by atoms with E-state index in [1.165, 1.54) is 6.07 Å². The Kier molecular flexibility index (Phi) is 5.07. The first-order valence-corrected chi connectivity index (χ1v) is 7.00. The third-order valence-corrected chi connectivity index (χ3v) is 3.84. The molecule has 1 aromatic rings. The van der Waals surface area contributed by atoms with E-state index in [-0.39, 0.29) is 12.1 Å². The van der Waals surface area contributed by atoms with Crippen molar-refractivity contribution >= 4 is 0 Å². The summed E-state index contributed by atoms with van der Waals surface area (Å²) in [5, 5.41) is 3.15. The van der Waals surface area contributed by atoms with Gasteiger partial charge in [-0.2, -0.15) is 0 Å². The normalized spacial score (nSPS) is 22.2. The monoisotopic (exact) mass is 284 g/mol. The van der Waals surface area contributed by atoms with Gasteiger partial charge in [0.25, 0.3) is 0 Å². The van der Waals surface area contributed by atoms with Crippen LogP contribution in [0.5, 0.6) is 0 Å². The Bertz CT molecular complexity index is 453. The zero-order valence-corrected chi connectivity index (χ0v) is 12.2. The van der Waals surface area contributed by atoms with Gasteiger partial charge >= 0.3 is 0 Å². The van der Waals surface area contributed by atoms with Gasteiger partial charge in [0.2, 0.25) is 0 Å². The van der Waals surface area contributed by atoms with Crippen LogP contribution in [0.25, 0.3) is 0 Å². The number of ether oxygens (including phenoxy) is 1. The summed E-state index contributed by atoms with van der Waals surface area (Å²) in [6.07, 6.45) is -0.0685. The molecule has 2 unspecified atom stereocenters. The minimum Gasteiger partial charge on any atom is -0.374 e. The van der Waals surface area contributed by atoms with Gasteiger partial charge in [0.15, 0.2) is 11.6 Å². The number of hydrogen-bond donors (Lipinski definition) is 1. The van der Waals surface area contributed by atoms with Crippen molar-refractivity contribution < 1.29 is 13.5 Å². The van der Waals surface area contributed by atoms with Crippen LogP contribution in [0, 0.1) is 11.6 Å². The van der Waals surface area contributed by atoms with E-state index >= 15 is 0 Å². The van der Waals surface area contributed by atoms with Gasteiger partial charge in [-0.25, -0.2) is 8.78 Å². The maximum absolute atomic E-state index is 13.4.